The second-order valence-electron chi connectivity index (χ2n) is 9.33. The van der Waals surface area contributed by atoms with Crippen molar-refractivity contribution in [3.63, 3.8) is 0 Å². The molecule has 15 heteroatoms. The first-order chi connectivity index (χ1) is 21.6. The fraction of sp³-hybridized carbons (Fsp3) is 0.333. The molecule has 0 aliphatic carbocycles. The molecule has 0 spiro atoms. The highest BCUT2D eigenvalue weighted by Gasteiger charge is 2.34. The topological polar surface area (TPSA) is 167 Å². The minimum atomic E-state index is -1.00. The SMILES string of the molecule is CCOC(=O)C1=C(C)N=c2s/c(=C\c3cc(OC)c(OC)cc3[N+](=O)[O-])c(=O)n2[C@H]1c1ccc(OCC(=O)OC)c(OCC)c1. The standard InChI is InChI=1S/C30H31N3O11S/c1-7-42-23-11-17(9-10-20(23)44-15-25(34)41-6)27-26(29(36)43-8-2)16(3)31-30-32(27)28(35)24(45-30)13-18-12-21(39-4)22(40-5)14-19(18)33(37)38/h9-14,27H,7-8,15H2,1-6H3/b24-13-/t27-/m0/s1. The van der Waals surface area contributed by atoms with Crippen molar-refractivity contribution in [2.45, 2.75) is 26.8 Å². The number of benzene rings is 2. The number of fused-ring (bicyclic) bond motifs is 1. The van der Waals surface area contributed by atoms with Crippen LogP contribution in [0.15, 0.2) is 51.4 Å². The van der Waals surface area contributed by atoms with Crippen LogP contribution in [0.1, 0.15) is 37.9 Å². The van der Waals surface area contributed by atoms with Crippen molar-refractivity contribution in [3.05, 3.63) is 82.5 Å². The smallest absolute Gasteiger partial charge is 0.343 e. The lowest BCUT2D eigenvalue weighted by atomic mass is 9.95. The number of esters is 2. The van der Waals surface area contributed by atoms with Crippen molar-refractivity contribution >= 4 is 35.0 Å². The summed E-state index contributed by atoms with van der Waals surface area (Å²) in [6, 6.07) is 6.42. The number of aromatic nitrogens is 1. The zero-order valence-corrected chi connectivity index (χ0v) is 26.2. The molecule has 0 saturated heterocycles. The van der Waals surface area contributed by atoms with E-state index < -0.39 is 28.5 Å². The van der Waals surface area contributed by atoms with E-state index in [1.807, 2.05) is 0 Å². The van der Waals surface area contributed by atoms with Gasteiger partial charge in [0.25, 0.3) is 11.2 Å². The molecule has 3 aromatic rings. The summed E-state index contributed by atoms with van der Waals surface area (Å²) in [5.41, 5.74) is 0.164. The maximum atomic E-state index is 14.1. The number of nitro benzene ring substituents is 1. The normalized spacial score (nSPS) is 14.3. The number of methoxy groups -OCH3 is 3. The summed E-state index contributed by atoms with van der Waals surface area (Å²) in [5, 5.41) is 11.9. The van der Waals surface area contributed by atoms with Crippen LogP contribution in [0, 0.1) is 10.1 Å². The van der Waals surface area contributed by atoms with Gasteiger partial charge in [-0.1, -0.05) is 17.4 Å². The Morgan fingerprint density at radius 2 is 1.73 bits per heavy atom. The average molecular weight is 642 g/mol. The van der Waals surface area contributed by atoms with Gasteiger partial charge in [-0.05, 0) is 50.6 Å². The van der Waals surface area contributed by atoms with Crippen LogP contribution in [0.2, 0.25) is 0 Å². The van der Waals surface area contributed by atoms with E-state index in [0.29, 0.717) is 11.3 Å². The summed E-state index contributed by atoms with van der Waals surface area (Å²) < 4.78 is 33.3. The van der Waals surface area contributed by atoms with E-state index in [1.165, 1.54) is 44.1 Å². The first kappa shape index (κ1) is 32.7. The van der Waals surface area contributed by atoms with Gasteiger partial charge in [0.2, 0.25) is 0 Å². The van der Waals surface area contributed by atoms with E-state index in [4.69, 9.17) is 23.7 Å². The molecule has 1 atom stereocenters. The molecule has 1 aliphatic heterocycles. The van der Waals surface area contributed by atoms with Crippen LogP contribution in [-0.2, 0) is 19.1 Å². The first-order valence-electron chi connectivity index (χ1n) is 13.6. The molecule has 2 aromatic carbocycles. The molecule has 0 saturated carbocycles. The van der Waals surface area contributed by atoms with Crippen LogP contribution >= 0.6 is 11.3 Å². The molecule has 0 radical (unpaired) electrons. The van der Waals surface area contributed by atoms with Crippen LogP contribution in [0.25, 0.3) is 6.08 Å². The molecule has 1 aromatic heterocycles. The molecule has 0 N–H and O–H groups in total. The van der Waals surface area contributed by atoms with Crippen molar-refractivity contribution in [1.82, 2.24) is 4.57 Å². The van der Waals surface area contributed by atoms with Gasteiger partial charge in [-0.15, -0.1) is 0 Å². The molecule has 0 amide bonds. The van der Waals surface area contributed by atoms with Gasteiger partial charge in [0.05, 0.1) is 72.9 Å². The molecule has 1 aliphatic rings. The Morgan fingerprint density at radius 3 is 2.36 bits per heavy atom. The van der Waals surface area contributed by atoms with Gasteiger partial charge in [-0.2, -0.15) is 0 Å². The quantitative estimate of drug-likeness (QED) is 0.162. The lowest BCUT2D eigenvalue weighted by molar-refractivity contribution is -0.385. The van der Waals surface area contributed by atoms with E-state index in [1.54, 1.807) is 39.0 Å². The second-order valence-corrected chi connectivity index (χ2v) is 10.3. The highest BCUT2D eigenvalue weighted by molar-refractivity contribution is 7.07. The monoisotopic (exact) mass is 641 g/mol. The fourth-order valence-corrected chi connectivity index (χ4v) is 5.72. The summed E-state index contributed by atoms with van der Waals surface area (Å²) in [7, 11) is 3.99. The fourth-order valence-electron chi connectivity index (χ4n) is 4.68. The maximum absolute atomic E-state index is 14.1. The molecule has 238 valence electrons. The van der Waals surface area contributed by atoms with Crippen molar-refractivity contribution in [3.8, 4) is 23.0 Å². The Bertz CT molecular complexity index is 1860. The Kier molecular flexibility index (Phi) is 10.2. The number of hydrogen-bond acceptors (Lipinski definition) is 13. The number of ether oxygens (including phenoxy) is 6. The van der Waals surface area contributed by atoms with E-state index in [2.05, 4.69) is 9.73 Å². The van der Waals surface area contributed by atoms with Crippen LogP contribution in [0.4, 0.5) is 5.69 Å². The van der Waals surface area contributed by atoms with Crippen LogP contribution in [0.3, 0.4) is 0 Å². The molecular formula is C30H31N3O11S. The van der Waals surface area contributed by atoms with Gasteiger partial charge in [0.15, 0.2) is 34.4 Å². The van der Waals surface area contributed by atoms with Gasteiger partial charge in [0.1, 0.15) is 0 Å². The summed E-state index contributed by atoms with van der Waals surface area (Å²) in [4.78, 5) is 55.1. The van der Waals surface area contributed by atoms with Crippen molar-refractivity contribution in [2.75, 3.05) is 41.2 Å². The van der Waals surface area contributed by atoms with Gasteiger partial charge >= 0.3 is 11.9 Å². The van der Waals surface area contributed by atoms with Gasteiger partial charge < -0.3 is 28.4 Å². The minimum Gasteiger partial charge on any atom is -0.493 e. The predicted octanol–water partition coefficient (Wildman–Crippen LogP) is 2.67. The molecular weight excluding hydrogens is 610 g/mol. The summed E-state index contributed by atoms with van der Waals surface area (Å²) >= 11 is 1.00. The first-order valence-corrected chi connectivity index (χ1v) is 14.5. The predicted molar refractivity (Wildman–Crippen MR) is 162 cm³/mol. The molecule has 0 unspecified atom stereocenters. The van der Waals surface area contributed by atoms with E-state index >= 15 is 0 Å². The number of nitro groups is 1. The van der Waals surface area contributed by atoms with E-state index in [9.17, 15) is 24.5 Å². The second kappa shape index (κ2) is 14.1. The van der Waals surface area contributed by atoms with Gasteiger partial charge in [-0.25, -0.2) is 14.6 Å². The minimum absolute atomic E-state index is 0.0836. The molecule has 2 heterocycles. The largest absolute Gasteiger partial charge is 0.493 e. The Hall–Kier alpha value is -5.18. The number of carbonyl (C=O) groups excluding carboxylic acids is 2. The highest BCUT2D eigenvalue weighted by Crippen LogP contribution is 2.37. The van der Waals surface area contributed by atoms with E-state index in [0.717, 1.165) is 11.3 Å². The number of thiazole rings is 1. The van der Waals surface area contributed by atoms with E-state index in [-0.39, 0.29) is 69.0 Å². The molecule has 14 nitrogen and oxygen atoms in total. The summed E-state index contributed by atoms with van der Waals surface area (Å²) in [6.45, 7) is 5.04. The number of carbonyl (C=O) groups is 2. The molecule has 0 bridgehead atoms. The zero-order chi connectivity index (χ0) is 32.8. The molecule has 0 fully saturated rings. The van der Waals surface area contributed by atoms with Crippen LogP contribution in [-0.4, -0.2) is 62.6 Å². The number of rotatable bonds is 12. The molecule has 4 rings (SSSR count). The third kappa shape index (κ3) is 6.67. The van der Waals surface area contributed by atoms with Crippen LogP contribution in [0.5, 0.6) is 23.0 Å². The third-order valence-corrected chi connectivity index (χ3v) is 7.67. The lowest BCUT2D eigenvalue weighted by Crippen LogP contribution is -2.40. The van der Waals surface area contributed by atoms with Crippen molar-refractivity contribution < 1.29 is 42.9 Å². The average Bonchev–Trinajstić information content (AvgIpc) is 3.32. The number of allylic oxidation sites excluding steroid dienone is 1. The van der Waals surface area contributed by atoms with Gasteiger partial charge in [0, 0.05) is 0 Å². The van der Waals surface area contributed by atoms with Gasteiger partial charge in [-0.3, -0.25) is 19.5 Å². The highest BCUT2D eigenvalue weighted by atomic mass is 32.1. The Labute approximate surface area is 260 Å². The van der Waals surface area contributed by atoms with Crippen molar-refractivity contribution in [1.29, 1.82) is 0 Å². The van der Waals surface area contributed by atoms with Crippen LogP contribution < -0.4 is 33.8 Å². The lowest BCUT2D eigenvalue weighted by Gasteiger charge is -2.25. The summed E-state index contributed by atoms with van der Waals surface area (Å²) in [5.74, 6) is -0.360. The number of hydrogen-bond donors (Lipinski definition) is 0. The van der Waals surface area contributed by atoms with Crippen molar-refractivity contribution in [2.24, 2.45) is 4.99 Å². The summed E-state index contributed by atoms with van der Waals surface area (Å²) in [6.07, 6.45) is 1.37. The molecule has 45 heavy (non-hydrogen) atoms. The third-order valence-electron chi connectivity index (χ3n) is 6.69. The Balaban J connectivity index is 1.96. The zero-order valence-electron chi connectivity index (χ0n) is 25.4. The Morgan fingerprint density at radius 1 is 1.02 bits per heavy atom. The number of nitrogens with zero attached hydrogens (tertiary/aromatic N) is 3. The maximum Gasteiger partial charge on any atom is 0.343 e.